The molecule has 0 unspecified atom stereocenters. The minimum Gasteiger partial charge on any atom is -0.495 e. The first kappa shape index (κ1) is 25.0. The number of carbonyl (C=O) groups excluding carboxylic acids is 3. The number of halogens is 1. The van der Waals surface area contributed by atoms with Gasteiger partial charge in [-0.1, -0.05) is 62.7 Å². The van der Waals surface area contributed by atoms with E-state index in [1.165, 1.54) is 7.11 Å². The maximum atomic E-state index is 13.1. The number of ether oxygens (including phenoxy) is 2. The average Bonchev–Trinajstić information content (AvgIpc) is 3.07. The normalized spacial score (nSPS) is 13.8. The lowest BCUT2D eigenvalue weighted by molar-refractivity contribution is -0.120. The first-order valence-electron chi connectivity index (χ1n) is 11.2. The van der Waals surface area contributed by atoms with Crippen LogP contribution in [0.15, 0.2) is 83.5 Å². The smallest absolute Gasteiger partial charge is 0.343 e. The van der Waals surface area contributed by atoms with Crippen LogP contribution >= 0.6 is 11.6 Å². The first-order valence-corrected chi connectivity index (χ1v) is 11.6. The molecule has 0 spiro atoms. The number of carbonyl (C=O) groups is 3. The van der Waals surface area contributed by atoms with Crippen molar-refractivity contribution in [2.75, 3.05) is 17.3 Å². The summed E-state index contributed by atoms with van der Waals surface area (Å²) in [6.45, 7) is 6.14. The number of anilines is 2. The molecule has 0 fully saturated rings. The van der Waals surface area contributed by atoms with Crippen LogP contribution in [0.5, 0.6) is 11.5 Å². The summed E-state index contributed by atoms with van der Waals surface area (Å²) in [4.78, 5) is 39.5. The van der Waals surface area contributed by atoms with Gasteiger partial charge in [-0.05, 0) is 47.9 Å². The van der Waals surface area contributed by atoms with Crippen molar-refractivity contribution >= 4 is 40.8 Å². The number of nitrogens with zero attached hydrogens (tertiary/aromatic N) is 1. The van der Waals surface area contributed by atoms with Crippen molar-refractivity contribution in [3.8, 4) is 11.5 Å². The van der Waals surface area contributed by atoms with E-state index in [2.05, 4.69) is 5.32 Å². The first-order chi connectivity index (χ1) is 17.1. The number of rotatable bonds is 6. The van der Waals surface area contributed by atoms with Crippen LogP contribution in [0.25, 0.3) is 0 Å². The molecule has 2 amide bonds. The van der Waals surface area contributed by atoms with Crippen LogP contribution in [-0.4, -0.2) is 24.9 Å². The standard InChI is InChI=1S/C28H25ClN2O5/c1-28(2,3)19-9-5-7-11-21(19)36-27(34)17-13-15-18(16-14-17)30-24-23(29)25(32)31(26(24)33)20-10-6-8-12-22(20)35-4/h5-16,30H,1-4H3. The number of nitrogens with one attached hydrogen (secondary N) is 1. The average molecular weight is 505 g/mol. The highest BCUT2D eigenvalue weighted by Gasteiger charge is 2.40. The lowest BCUT2D eigenvalue weighted by Crippen LogP contribution is -2.32. The number of benzene rings is 3. The van der Waals surface area contributed by atoms with Crippen LogP contribution in [0.3, 0.4) is 0 Å². The van der Waals surface area contributed by atoms with Gasteiger partial charge in [-0.15, -0.1) is 0 Å². The molecule has 0 saturated heterocycles. The minimum absolute atomic E-state index is 0.0676. The summed E-state index contributed by atoms with van der Waals surface area (Å²) in [6, 6.07) is 20.4. The third-order valence-electron chi connectivity index (χ3n) is 5.64. The van der Waals surface area contributed by atoms with Crippen molar-refractivity contribution in [3.63, 3.8) is 0 Å². The number of methoxy groups -OCH3 is 1. The van der Waals surface area contributed by atoms with Crippen molar-refractivity contribution in [1.29, 1.82) is 0 Å². The molecule has 1 N–H and O–H groups in total. The van der Waals surface area contributed by atoms with E-state index >= 15 is 0 Å². The molecule has 1 heterocycles. The second-order valence-electron chi connectivity index (χ2n) is 9.14. The number of esters is 1. The molecule has 3 aromatic carbocycles. The van der Waals surface area contributed by atoms with E-state index in [9.17, 15) is 14.4 Å². The lowest BCUT2D eigenvalue weighted by Gasteiger charge is -2.22. The van der Waals surface area contributed by atoms with Crippen molar-refractivity contribution in [1.82, 2.24) is 0 Å². The van der Waals surface area contributed by atoms with Gasteiger partial charge in [-0.3, -0.25) is 9.59 Å². The van der Waals surface area contributed by atoms with Crippen molar-refractivity contribution in [2.24, 2.45) is 0 Å². The van der Waals surface area contributed by atoms with Crippen LogP contribution in [0.4, 0.5) is 11.4 Å². The zero-order valence-electron chi connectivity index (χ0n) is 20.3. The number of hydrogen-bond donors (Lipinski definition) is 1. The quantitative estimate of drug-likeness (QED) is 0.265. The summed E-state index contributed by atoms with van der Waals surface area (Å²) < 4.78 is 10.9. The molecule has 0 radical (unpaired) electrons. The Morgan fingerprint density at radius 1 is 0.861 bits per heavy atom. The van der Waals surface area contributed by atoms with Gasteiger partial charge in [-0.25, -0.2) is 9.69 Å². The number of imide groups is 1. The summed E-state index contributed by atoms with van der Waals surface area (Å²) in [5.41, 5.74) is 1.75. The summed E-state index contributed by atoms with van der Waals surface area (Å²) in [7, 11) is 1.45. The molecule has 0 saturated carbocycles. The van der Waals surface area contributed by atoms with E-state index in [1.807, 2.05) is 39.0 Å². The largest absolute Gasteiger partial charge is 0.495 e. The van der Waals surface area contributed by atoms with Gasteiger partial charge in [0.25, 0.3) is 11.8 Å². The molecule has 3 aromatic rings. The summed E-state index contributed by atoms with van der Waals surface area (Å²) in [5.74, 6) is -0.922. The number of hydrogen-bond acceptors (Lipinski definition) is 6. The van der Waals surface area contributed by atoms with E-state index in [4.69, 9.17) is 21.1 Å². The van der Waals surface area contributed by atoms with Gasteiger partial charge in [-0.2, -0.15) is 0 Å². The van der Waals surface area contributed by atoms with Crippen molar-refractivity contribution in [3.05, 3.63) is 94.7 Å². The molecular weight excluding hydrogens is 480 g/mol. The maximum absolute atomic E-state index is 13.1. The fourth-order valence-corrected chi connectivity index (χ4v) is 4.03. The predicted octanol–water partition coefficient (Wildman–Crippen LogP) is 5.65. The van der Waals surface area contributed by atoms with Crippen LogP contribution in [0.2, 0.25) is 0 Å². The highest BCUT2D eigenvalue weighted by atomic mass is 35.5. The molecule has 184 valence electrons. The van der Waals surface area contributed by atoms with E-state index in [-0.39, 0.29) is 16.1 Å². The Bertz CT molecular complexity index is 1370. The summed E-state index contributed by atoms with van der Waals surface area (Å²) in [6.07, 6.45) is 0. The Morgan fingerprint density at radius 2 is 1.47 bits per heavy atom. The van der Waals surface area contributed by atoms with Crippen molar-refractivity contribution < 1.29 is 23.9 Å². The van der Waals surface area contributed by atoms with Gasteiger partial charge in [0.2, 0.25) is 0 Å². The Labute approximate surface area is 214 Å². The molecule has 8 heteroatoms. The molecule has 0 atom stereocenters. The van der Waals surface area contributed by atoms with Crippen LogP contribution < -0.4 is 19.7 Å². The third-order valence-corrected chi connectivity index (χ3v) is 5.99. The second kappa shape index (κ2) is 9.87. The molecule has 1 aliphatic rings. The van der Waals surface area contributed by atoms with Gasteiger partial charge >= 0.3 is 5.97 Å². The zero-order chi connectivity index (χ0) is 26.0. The van der Waals surface area contributed by atoms with Gasteiger partial charge in [0.05, 0.1) is 18.4 Å². The zero-order valence-corrected chi connectivity index (χ0v) is 21.1. The predicted molar refractivity (Wildman–Crippen MR) is 139 cm³/mol. The molecule has 0 aliphatic carbocycles. The maximum Gasteiger partial charge on any atom is 0.343 e. The van der Waals surface area contributed by atoms with Crippen molar-refractivity contribution in [2.45, 2.75) is 26.2 Å². The lowest BCUT2D eigenvalue weighted by atomic mass is 9.86. The topological polar surface area (TPSA) is 84.9 Å². The fraction of sp³-hybridized carbons (Fsp3) is 0.179. The second-order valence-corrected chi connectivity index (χ2v) is 9.52. The van der Waals surface area contributed by atoms with Crippen LogP contribution in [0, 0.1) is 0 Å². The molecule has 4 rings (SSSR count). The Hall–Kier alpha value is -4.10. The van der Waals surface area contributed by atoms with Gasteiger partial charge in [0.1, 0.15) is 22.2 Å². The Morgan fingerprint density at radius 3 is 2.11 bits per heavy atom. The highest BCUT2D eigenvalue weighted by molar-refractivity contribution is 6.53. The molecule has 7 nitrogen and oxygen atoms in total. The van der Waals surface area contributed by atoms with Gasteiger partial charge in [0.15, 0.2) is 0 Å². The Kier molecular flexibility index (Phi) is 6.86. The Balaban J connectivity index is 1.51. The summed E-state index contributed by atoms with van der Waals surface area (Å²) >= 11 is 6.23. The van der Waals surface area contributed by atoms with E-state index in [0.29, 0.717) is 28.4 Å². The number of amides is 2. The van der Waals surface area contributed by atoms with Crippen LogP contribution in [-0.2, 0) is 15.0 Å². The van der Waals surface area contributed by atoms with E-state index in [1.54, 1.807) is 54.6 Å². The fourth-order valence-electron chi connectivity index (χ4n) is 3.81. The molecule has 1 aliphatic heterocycles. The molecular formula is C28H25ClN2O5. The molecule has 0 bridgehead atoms. The molecule has 0 aromatic heterocycles. The van der Waals surface area contributed by atoms with Crippen LogP contribution in [0.1, 0.15) is 36.7 Å². The monoisotopic (exact) mass is 504 g/mol. The molecule has 36 heavy (non-hydrogen) atoms. The van der Waals surface area contributed by atoms with E-state index in [0.717, 1.165) is 10.5 Å². The minimum atomic E-state index is -0.661. The van der Waals surface area contributed by atoms with Gasteiger partial charge < -0.3 is 14.8 Å². The number of para-hydroxylation sites is 3. The van der Waals surface area contributed by atoms with E-state index < -0.39 is 17.8 Å². The highest BCUT2D eigenvalue weighted by Crippen LogP contribution is 2.35. The third kappa shape index (κ3) is 4.83. The summed E-state index contributed by atoms with van der Waals surface area (Å²) in [5, 5.41) is 2.65. The SMILES string of the molecule is COc1ccccc1N1C(=O)C(Cl)=C(Nc2ccc(C(=O)Oc3ccccc3C(C)(C)C)cc2)C1=O. The van der Waals surface area contributed by atoms with Gasteiger partial charge in [0, 0.05) is 11.3 Å².